The summed E-state index contributed by atoms with van der Waals surface area (Å²) in [6, 6.07) is 1.37. The number of carbonyl (C=O) groups excluding carboxylic acids is 2. The van der Waals surface area contributed by atoms with Crippen LogP contribution in [0.3, 0.4) is 0 Å². The van der Waals surface area contributed by atoms with Crippen LogP contribution in [-0.4, -0.2) is 83.1 Å². The van der Waals surface area contributed by atoms with Gasteiger partial charge < -0.3 is 14.7 Å². The van der Waals surface area contributed by atoms with Gasteiger partial charge in [0.1, 0.15) is 12.6 Å². The Morgan fingerprint density at radius 2 is 2.10 bits per heavy atom. The smallest absolute Gasteiger partial charge is 0.246 e. The van der Waals surface area contributed by atoms with Crippen LogP contribution in [0.25, 0.3) is 0 Å². The molecule has 7 nitrogen and oxygen atoms in total. The Labute approximate surface area is 118 Å². The Morgan fingerprint density at radius 1 is 1.35 bits per heavy atom. The van der Waals surface area contributed by atoms with Gasteiger partial charge in [-0.3, -0.25) is 14.3 Å². The van der Waals surface area contributed by atoms with Gasteiger partial charge in [0.15, 0.2) is 0 Å². The third-order valence-electron chi connectivity index (χ3n) is 3.49. The van der Waals surface area contributed by atoms with E-state index in [1.165, 1.54) is 4.90 Å². The molecule has 1 aliphatic heterocycles. The fraction of sp³-hybridized carbons (Fsp3) is 0.615. The molecular formula is C13H21N5O2. The lowest BCUT2D eigenvalue weighted by atomic mass is 10.1. The number of amides is 2. The maximum atomic E-state index is 12.4. The molecule has 110 valence electrons. The molecule has 0 aliphatic carbocycles. The van der Waals surface area contributed by atoms with Crippen molar-refractivity contribution < 1.29 is 9.59 Å². The molecule has 0 bridgehead atoms. The average molecular weight is 279 g/mol. The molecule has 2 heterocycles. The number of hydrogen-bond acceptors (Lipinski definition) is 4. The van der Waals surface area contributed by atoms with Crippen molar-refractivity contribution in [3.63, 3.8) is 0 Å². The summed E-state index contributed by atoms with van der Waals surface area (Å²) < 4.78 is 1.58. The molecule has 7 heteroatoms. The zero-order valence-corrected chi connectivity index (χ0v) is 12.2. The number of likely N-dealkylation sites (N-methyl/N-ethyl adjacent to an activating group) is 2. The summed E-state index contributed by atoms with van der Waals surface area (Å²) >= 11 is 0. The predicted molar refractivity (Wildman–Crippen MR) is 73.9 cm³/mol. The van der Waals surface area contributed by atoms with Crippen molar-refractivity contribution in [3.8, 4) is 0 Å². The molecule has 0 N–H and O–H groups in total. The van der Waals surface area contributed by atoms with Crippen molar-refractivity contribution in [3.05, 3.63) is 18.5 Å². The molecule has 20 heavy (non-hydrogen) atoms. The maximum Gasteiger partial charge on any atom is 0.246 e. The van der Waals surface area contributed by atoms with E-state index in [2.05, 4.69) is 10.00 Å². The third kappa shape index (κ3) is 3.16. The molecule has 2 amide bonds. The number of hydrogen-bond donors (Lipinski definition) is 0. The first-order valence-corrected chi connectivity index (χ1v) is 6.65. The summed E-state index contributed by atoms with van der Waals surface area (Å²) in [5.41, 5.74) is 0. The highest BCUT2D eigenvalue weighted by molar-refractivity contribution is 5.87. The lowest BCUT2D eigenvalue weighted by Gasteiger charge is -2.40. The van der Waals surface area contributed by atoms with Crippen LogP contribution < -0.4 is 0 Å². The van der Waals surface area contributed by atoms with Crippen molar-refractivity contribution in [1.29, 1.82) is 0 Å². The van der Waals surface area contributed by atoms with E-state index in [4.69, 9.17) is 0 Å². The highest BCUT2D eigenvalue weighted by Gasteiger charge is 2.34. The topological polar surface area (TPSA) is 61.7 Å². The van der Waals surface area contributed by atoms with Gasteiger partial charge >= 0.3 is 0 Å². The summed E-state index contributed by atoms with van der Waals surface area (Å²) in [4.78, 5) is 29.9. The number of aromatic nitrogens is 2. The summed E-state index contributed by atoms with van der Waals surface area (Å²) in [6.07, 6.45) is 3.39. The Kier molecular flexibility index (Phi) is 4.39. The van der Waals surface area contributed by atoms with Crippen LogP contribution in [0.4, 0.5) is 0 Å². The first-order valence-electron chi connectivity index (χ1n) is 6.65. The van der Waals surface area contributed by atoms with Gasteiger partial charge in [-0.1, -0.05) is 0 Å². The minimum absolute atomic E-state index is 0.0367. The van der Waals surface area contributed by atoms with Crippen molar-refractivity contribution in [2.24, 2.45) is 0 Å². The second-order valence-electron chi connectivity index (χ2n) is 5.30. The van der Waals surface area contributed by atoms with Gasteiger partial charge in [-0.05, 0) is 13.1 Å². The van der Waals surface area contributed by atoms with Gasteiger partial charge in [0.2, 0.25) is 11.8 Å². The van der Waals surface area contributed by atoms with Gasteiger partial charge in [0, 0.05) is 46.1 Å². The molecule has 0 radical (unpaired) electrons. The molecule has 0 aromatic carbocycles. The quantitative estimate of drug-likeness (QED) is 0.720. The maximum absolute atomic E-state index is 12.4. The van der Waals surface area contributed by atoms with Crippen LogP contribution in [0.15, 0.2) is 18.5 Å². The Bertz CT molecular complexity index is 471. The molecule has 0 saturated carbocycles. The minimum atomic E-state index is -0.410. The third-order valence-corrected chi connectivity index (χ3v) is 3.49. The second kappa shape index (κ2) is 6.04. The van der Waals surface area contributed by atoms with Crippen molar-refractivity contribution in [1.82, 2.24) is 24.5 Å². The lowest BCUT2D eigenvalue weighted by molar-refractivity contribution is -0.148. The van der Waals surface area contributed by atoms with Crippen LogP contribution in [-0.2, 0) is 16.1 Å². The van der Waals surface area contributed by atoms with Crippen LogP contribution in [0.5, 0.6) is 0 Å². The van der Waals surface area contributed by atoms with E-state index in [0.717, 1.165) is 6.54 Å². The van der Waals surface area contributed by atoms with Gasteiger partial charge in [-0.15, -0.1) is 0 Å². The van der Waals surface area contributed by atoms with E-state index in [9.17, 15) is 9.59 Å². The number of carbonyl (C=O) groups is 2. The zero-order valence-electron chi connectivity index (χ0n) is 12.2. The Balaban J connectivity index is 2.10. The fourth-order valence-electron chi connectivity index (χ4n) is 2.35. The van der Waals surface area contributed by atoms with Gasteiger partial charge in [-0.25, -0.2) is 0 Å². The second-order valence-corrected chi connectivity index (χ2v) is 5.30. The average Bonchev–Trinajstić information content (AvgIpc) is 2.90. The fourth-order valence-corrected chi connectivity index (χ4v) is 2.35. The predicted octanol–water partition coefficient (Wildman–Crippen LogP) is -0.886. The van der Waals surface area contributed by atoms with Crippen molar-refractivity contribution in [2.75, 3.05) is 40.8 Å². The summed E-state index contributed by atoms with van der Waals surface area (Å²) in [5, 5.41) is 4.03. The van der Waals surface area contributed by atoms with Crippen LogP contribution in [0.1, 0.15) is 0 Å². The highest BCUT2D eigenvalue weighted by Crippen LogP contribution is 2.11. The van der Waals surface area contributed by atoms with Crippen LogP contribution in [0.2, 0.25) is 0 Å². The van der Waals surface area contributed by atoms with Crippen molar-refractivity contribution >= 4 is 11.8 Å². The van der Waals surface area contributed by atoms with E-state index in [1.54, 1.807) is 42.1 Å². The molecule has 1 aromatic heterocycles. The molecule has 1 fully saturated rings. The van der Waals surface area contributed by atoms with E-state index in [0.29, 0.717) is 13.1 Å². The standard InChI is InChI=1S/C13H21N5O2/c1-15(2)13(20)11-9-16(3)7-8-18(11)12(19)10-17-6-4-5-14-17/h4-6,11H,7-10H2,1-3H3. The molecule has 1 saturated heterocycles. The Hall–Kier alpha value is -1.89. The van der Waals surface area contributed by atoms with E-state index in [1.807, 2.05) is 7.05 Å². The van der Waals surface area contributed by atoms with Crippen LogP contribution in [0, 0.1) is 0 Å². The summed E-state index contributed by atoms with van der Waals surface area (Å²) in [5.74, 6) is -0.104. The molecule has 2 rings (SSSR count). The lowest BCUT2D eigenvalue weighted by Crippen LogP contribution is -2.60. The molecule has 1 atom stereocenters. The number of nitrogens with zero attached hydrogens (tertiary/aromatic N) is 5. The molecule has 0 spiro atoms. The normalized spacial score (nSPS) is 19.9. The first-order chi connectivity index (χ1) is 9.49. The van der Waals surface area contributed by atoms with E-state index >= 15 is 0 Å². The number of rotatable bonds is 3. The van der Waals surface area contributed by atoms with Crippen molar-refractivity contribution in [2.45, 2.75) is 12.6 Å². The highest BCUT2D eigenvalue weighted by atomic mass is 16.2. The molecule has 1 aromatic rings. The monoisotopic (exact) mass is 279 g/mol. The van der Waals surface area contributed by atoms with Gasteiger partial charge in [0.05, 0.1) is 0 Å². The minimum Gasteiger partial charge on any atom is -0.347 e. The molecule has 1 unspecified atom stereocenters. The van der Waals surface area contributed by atoms with Gasteiger partial charge in [0.25, 0.3) is 0 Å². The van der Waals surface area contributed by atoms with E-state index in [-0.39, 0.29) is 18.4 Å². The first kappa shape index (κ1) is 14.5. The largest absolute Gasteiger partial charge is 0.347 e. The number of piperazine rings is 1. The summed E-state index contributed by atoms with van der Waals surface area (Å²) in [7, 11) is 5.39. The summed E-state index contributed by atoms with van der Waals surface area (Å²) in [6.45, 7) is 2.10. The molecular weight excluding hydrogens is 258 g/mol. The van der Waals surface area contributed by atoms with Crippen LogP contribution >= 0.6 is 0 Å². The Morgan fingerprint density at radius 3 is 2.70 bits per heavy atom. The SMILES string of the molecule is CN1CCN(C(=O)Cn2cccn2)C(C(=O)N(C)C)C1. The zero-order chi connectivity index (χ0) is 14.7. The molecule has 1 aliphatic rings. The van der Waals surface area contributed by atoms with E-state index < -0.39 is 6.04 Å². The van der Waals surface area contributed by atoms with Gasteiger partial charge in [-0.2, -0.15) is 5.10 Å².